The lowest BCUT2D eigenvalue weighted by Gasteiger charge is -2.35. The number of aryl methyl sites for hydroxylation is 1. The second-order valence-corrected chi connectivity index (χ2v) is 10.1. The van der Waals surface area contributed by atoms with Gasteiger partial charge in [-0.05, 0) is 67.6 Å². The number of thiophene rings is 1. The molecule has 1 atom stereocenters. The van der Waals surface area contributed by atoms with Gasteiger partial charge in [-0.3, -0.25) is 9.69 Å². The van der Waals surface area contributed by atoms with Gasteiger partial charge in [0.25, 0.3) is 5.91 Å². The third-order valence-corrected chi connectivity index (χ3v) is 7.60. The van der Waals surface area contributed by atoms with Crippen LogP contribution in [0.5, 0.6) is 0 Å². The molecule has 1 N–H and O–H groups in total. The Kier molecular flexibility index (Phi) is 7.44. The van der Waals surface area contributed by atoms with E-state index >= 15 is 0 Å². The fourth-order valence-electron chi connectivity index (χ4n) is 4.53. The number of piperidine rings is 1. The normalized spacial score (nSPS) is 15.6. The lowest BCUT2D eigenvalue weighted by atomic mass is 9.93. The molecule has 0 bridgehead atoms. The zero-order valence-electron chi connectivity index (χ0n) is 19.4. The SMILES string of the molecule is CCc1cc(C(c2ccc(C(C)C)cc2)N2CCCCC2)c(NC(=O)c2ccccc2)s1. The maximum Gasteiger partial charge on any atom is 0.256 e. The molecule has 0 radical (unpaired) electrons. The van der Waals surface area contributed by atoms with Crippen molar-refractivity contribution < 1.29 is 4.79 Å². The molecule has 4 rings (SSSR count). The highest BCUT2D eigenvalue weighted by Crippen LogP contribution is 2.40. The van der Waals surface area contributed by atoms with Crippen molar-refractivity contribution in [3.05, 3.63) is 87.8 Å². The molecule has 168 valence electrons. The van der Waals surface area contributed by atoms with E-state index in [4.69, 9.17) is 0 Å². The minimum atomic E-state index is -0.0381. The van der Waals surface area contributed by atoms with Crippen LogP contribution >= 0.6 is 11.3 Å². The average molecular weight is 447 g/mol. The van der Waals surface area contributed by atoms with Crippen molar-refractivity contribution >= 4 is 22.2 Å². The van der Waals surface area contributed by atoms with Crippen molar-refractivity contribution in [3.8, 4) is 0 Å². The maximum atomic E-state index is 13.0. The quantitative estimate of drug-likeness (QED) is 0.414. The van der Waals surface area contributed by atoms with Gasteiger partial charge in [0.05, 0.1) is 6.04 Å². The second-order valence-electron chi connectivity index (χ2n) is 8.99. The highest BCUT2D eigenvalue weighted by Gasteiger charge is 2.28. The summed E-state index contributed by atoms with van der Waals surface area (Å²) in [6.07, 6.45) is 4.74. The molecule has 1 aliphatic rings. The molecule has 2 heterocycles. The monoisotopic (exact) mass is 446 g/mol. The van der Waals surface area contributed by atoms with Crippen LogP contribution in [0, 0.1) is 0 Å². The minimum Gasteiger partial charge on any atom is -0.313 e. The number of benzene rings is 2. The Labute approximate surface area is 196 Å². The first kappa shape index (κ1) is 22.8. The number of likely N-dealkylation sites (tertiary alicyclic amines) is 1. The van der Waals surface area contributed by atoms with Crippen LogP contribution in [-0.2, 0) is 6.42 Å². The largest absolute Gasteiger partial charge is 0.313 e. The van der Waals surface area contributed by atoms with Crippen LogP contribution in [0.15, 0.2) is 60.7 Å². The van der Waals surface area contributed by atoms with E-state index in [9.17, 15) is 4.79 Å². The smallest absolute Gasteiger partial charge is 0.256 e. The first-order valence-electron chi connectivity index (χ1n) is 11.9. The molecule has 2 aromatic carbocycles. The molecule has 0 saturated carbocycles. The lowest BCUT2D eigenvalue weighted by molar-refractivity contribution is 0.102. The van der Waals surface area contributed by atoms with Gasteiger partial charge in [0.1, 0.15) is 5.00 Å². The third-order valence-electron chi connectivity index (χ3n) is 6.39. The number of rotatable bonds is 7. The molecule has 3 nitrogen and oxygen atoms in total. The summed E-state index contributed by atoms with van der Waals surface area (Å²) in [5, 5.41) is 4.24. The van der Waals surface area contributed by atoms with Gasteiger partial charge >= 0.3 is 0 Å². The maximum absolute atomic E-state index is 13.0. The highest BCUT2D eigenvalue weighted by molar-refractivity contribution is 7.16. The molecule has 0 aliphatic carbocycles. The van der Waals surface area contributed by atoms with Gasteiger partial charge in [0.15, 0.2) is 0 Å². The summed E-state index contributed by atoms with van der Waals surface area (Å²) in [5.74, 6) is 0.481. The number of nitrogens with one attached hydrogen (secondary N) is 1. The number of amides is 1. The minimum absolute atomic E-state index is 0.0381. The number of hydrogen-bond acceptors (Lipinski definition) is 3. The molecule has 1 fully saturated rings. The molecule has 4 heteroatoms. The van der Waals surface area contributed by atoms with Crippen molar-refractivity contribution in [3.63, 3.8) is 0 Å². The van der Waals surface area contributed by atoms with Crippen LogP contribution in [-0.4, -0.2) is 23.9 Å². The Morgan fingerprint density at radius 3 is 2.25 bits per heavy atom. The first-order chi connectivity index (χ1) is 15.6. The summed E-state index contributed by atoms with van der Waals surface area (Å²) in [5.41, 5.74) is 4.60. The summed E-state index contributed by atoms with van der Waals surface area (Å²) in [7, 11) is 0. The van der Waals surface area contributed by atoms with Crippen LogP contribution in [0.1, 0.15) is 83.9 Å². The molecule has 1 amide bonds. The number of nitrogens with zero attached hydrogens (tertiary/aromatic N) is 1. The molecule has 1 unspecified atom stereocenters. The van der Waals surface area contributed by atoms with Crippen molar-refractivity contribution in [2.45, 2.75) is 58.4 Å². The van der Waals surface area contributed by atoms with E-state index in [2.05, 4.69) is 61.3 Å². The molecule has 0 spiro atoms. The summed E-state index contributed by atoms with van der Waals surface area (Å²) in [4.78, 5) is 16.9. The van der Waals surface area contributed by atoms with Crippen LogP contribution in [0.2, 0.25) is 0 Å². The highest BCUT2D eigenvalue weighted by atomic mass is 32.1. The van der Waals surface area contributed by atoms with Gasteiger partial charge < -0.3 is 5.32 Å². The second kappa shape index (κ2) is 10.5. The molecule has 1 aromatic heterocycles. The number of carbonyl (C=O) groups is 1. The van der Waals surface area contributed by atoms with Crippen LogP contribution < -0.4 is 5.32 Å². The molecular weight excluding hydrogens is 412 g/mol. The van der Waals surface area contributed by atoms with Crippen LogP contribution in [0.25, 0.3) is 0 Å². The van der Waals surface area contributed by atoms with Gasteiger partial charge in [-0.2, -0.15) is 0 Å². The Morgan fingerprint density at radius 1 is 0.969 bits per heavy atom. The van der Waals surface area contributed by atoms with Gasteiger partial charge in [0.2, 0.25) is 0 Å². The van der Waals surface area contributed by atoms with Gasteiger partial charge in [-0.15, -0.1) is 11.3 Å². The fourth-order valence-corrected chi connectivity index (χ4v) is 5.55. The third kappa shape index (κ3) is 5.13. The number of carbonyl (C=O) groups excluding carboxylic acids is 1. The topological polar surface area (TPSA) is 32.3 Å². The van der Waals surface area contributed by atoms with E-state index < -0.39 is 0 Å². The van der Waals surface area contributed by atoms with Gasteiger partial charge in [-0.25, -0.2) is 0 Å². The predicted octanol–water partition coefficient (Wildman–Crippen LogP) is 7.26. The molecule has 1 aliphatic heterocycles. The summed E-state index contributed by atoms with van der Waals surface area (Å²) < 4.78 is 0. The van der Waals surface area contributed by atoms with Crippen molar-refractivity contribution in [1.29, 1.82) is 0 Å². The molecule has 32 heavy (non-hydrogen) atoms. The zero-order valence-corrected chi connectivity index (χ0v) is 20.3. The lowest BCUT2D eigenvalue weighted by Crippen LogP contribution is -2.34. The fraction of sp³-hybridized carbons (Fsp3) is 0.393. The van der Waals surface area contributed by atoms with Gasteiger partial charge in [0, 0.05) is 16.0 Å². The summed E-state index contributed by atoms with van der Waals surface area (Å²) in [6.45, 7) is 8.85. The standard InChI is InChI=1S/C28H34N2OS/c1-4-24-19-25(28(32-24)29-27(31)23-11-7-5-8-12-23)26(30-17-9-6-10-18-30)22-15-13-21(14-16-22)20(2)3/h5,7-8,11-16,19-20,26H,4,6,9-10,17-18H2,1-3H3,(H,29,31). The van der Waals surface area contributed by atoms with Crippen molar-refractivity contribution in [1.82, 2.24) is 4.90 Å². The average Bonchev–Trinajstić information content (AvgIpc) is 3.23. The first-order valence-corrected chi connectivity index (χ1v) is 12.7. The predicted molar refractivity (Wildman–Crippen MR) is 136 cm³/mol. The Bertz CT molecular complexity index is 1020. The van der Waals surface area contributed by atoms with Crippen molar-refractivity contribution in [2.24, 2.45) is 0 Å². The van der Waals surface area contributed by atoms with Crippen LogP contribution in [0.4, 0.5) is 5.00 Å². The van der Waals surface area contributed by atoms with E-state index in [0.717, 1.165) is 24.5 Å². The van der Waals surface area contributed by atoms with Crippen molar-refractivity contribution in [2.75, 3.05) is 18.4 Å². The van der Waals surface area contributed by atoms with E-state index in [0.29, 0.717) is 11.5 Å². The number of hydrogen-bond donors (Lipinski definition) is 1. The van der Waals surface area contributed by atoms with E-state index in [1.54, 1.807) is 11.3 Å². The Balaban J connectivity index is 1.73. The summed E-state index contributed by atoms with van der Waals surface area (Å²) in [6, 6.07) is 21.1. The van der Waals surface area contributed by atoms with Crippen LogP contribution in [0.3, 0.4) is 0 Å². The molecular formula is C28H34N2OS. The molecule has 3 aromatic rings. The Hall–Kier alpha value is -2.43. The van der Waals surface area contributed by atoms with E-state index in [1.165, 1.54) is 40.8 Å². The van der Waals surface area contributed by atoms with E-state index in [1.807, 2.05) is 30.3 Å². The summed E-state index contributed by atoms with van der Waals surface area (Å²) >= 11 is 1.72. The van der Waals surface area contributed by atoms with E-state index in [-0.39, 0.29) is 11.9 Å². The zero-order chi connectivity index (χ0) is 22.5. The van der Waals surface area contributed by atoms with Gasteiger partial charge in [-0.1, -0.05) is 69.7 Å². The molecule has 1 saturated heterocycles. The number of anilines is 1. The Morgan fingerprint density at radius 2 is 1.62 bits per heavy atom.